The average molecular weight is 187 g/mol. The van der Waals surface area contributed by atoms with Gasteiger partial charge in [-0.2, -0.15) is 0 Å². The molecular weight excluding hydrogens is 178 g/mol. The molecule has 2 nitrogen and oxygen atoms in total. The first-order valence-corrected chi connectivity index (χ1v) is 5.03. The summed E-state index contributed by atoms with van der Waals surface area (Å²) in [5.74, 6) is 0. The molecule has 1 aromatic carbocycles. The van der Waals surface area contributed by atoms with Crippen LogP contribution in [0.1, 0.15) is 0 Å². The molecule has 0 spiro atoms. The van der Waals surface area contributed by atoms with Crippen molar-refractivity contribution in [2.24, 2.45) is 0 Å². The lowest BCUT2D eigenvalue weighted by molar-refractivity contribution is 0.601. The fourth-order valence-electron chi connectivity index (χ4n) is 0.711. The highest BCUT2D eigenvalue weighted by Crippen LogP contribution is 2.20. The zero-order valence-electron chi connectivity index (χ0n) is 6.07. The van der Waals surface area contributed by atoms with Gasteiger partial charge in [0, 0.05) is 16.6 Å². The third kappa shape index (κ3) is 2.05. The lowest BCUT2D eigenvalue weighted by Gasteiger charge is -2.05. The van der Waals surface area contributed by atoms with Crippen LogP contribution < -0.4 is 5.73 Å². The van der Waals surface area contributed by atoms with E-state index in [9.17, 15) is 4.55 Å². The summed E-state index contributed by atoms with van der Waals surface area (Å²) in [4.78, 5) is 1.46. The van der Waals surface area contributed by atoms with Crippen molar-refractivity contribution >= 4 is 29.5 Å². The molecule has 1 aromatic rings. The second-order valence-electron chi connectivity index (χ2n) is 2.17. The van der Waals surface area contributed by atoms with Crippen LogP contribution in [0.15, 0.2) is 28.0 Å². The van der Waals surface area contributed by atoms with Crippen LogP contribution in [0, 0.1) is 0 Å². The van der Waals surface area contributed by atoms with Gasteiger partial charge in [0.05, 0.1) is 0 Å². The highest BCUT2D eigenvalue weighted by molar-refractivity contribution is 7.90. The third-order valence-corrected chi connectivity index (χ3v) is 2.66. The second-order valence-corrected chi connectivity index (χ2v) is 4.04. The first-order valence-electron chi connectivity index (χ1n) is 3.03. The standard InChI is InChI=1S/C7H9NOS2/c1-11(9)5-2-3-7(10)6(8)4-5/h2-4,10H,8H2,1H3. The molecule has 1 atom stereocenters. The number of nitrogen functional groups attached to an aromatic ring is 1. The van der Waals surface area contributed by atoms with Gasteiger partial charge < -0.3 is 10.3 Å². The van der Waals surface area contributed by atoms with Gasteiger partial charge in [-0.05, 0) is 23.3 Å². The molecule has 0 bridgehead atoms. The summed E-state index contributed by atoms with van der Waals surface area (Å²) in [5, 5.41) is 0. The average Bonchev–Trinajstić information content (AvgIpc) is 1.94. The van der Waals surface area contributed by atoms with Gasteiger partial charge >= 0.3 is 0 Å². The Morgan fingerprint density at radius 1 is 1.55 bits per heavy atom. The fraction of sp³-hybridized carbons (Fsp3) is 0.143. The minimum Gasteiger partial charge on any atom is -0.612 e. The van der Waals surface area contributed by atoms with E-state index in [0.717, 1.165) is 9.79 Å². The van der Waals surface area contributed by atoms with E-state index in [1.807, 2.05) is 0 Å². The van der Waals surface area contributed by atoms with Crippen LogP contribution >= 0.6 is 12.6 Å². The first kappa shape index (κ1) is 8.77. The maximum atomic E-state index is 10.9. The highest BCUT2D eigenvalue weighted by Gasteiger charge is 2.04. The van der Waals surface area contributed by atoms with Crippen molar-refractivity contribution in [1.82, 2.24) is 0 Å². The van der Waals surface area contributed by atoms with E-state index in [1.165, 1.54) is 0 Å². The van der Waals surface area contributed by atoms with Gasteiger partial charge in [0.25, 0.3) is 0 Å². The zero-order valence-corrected chi connectivity index (χ0v) is 7.78. The van der Waals surface area contributed by atoms with E-state index < -0.39 is 11.2 Å². The summed E-state index contributed by atoms with van der Waals surface area (Å²) in [6, 6.07) is 5.18. The van der Waals surface area contributed by atoms with Crippen LogP contribution in [-0.2, 0) is 11.2 Å². The number of benzene rings is 1. The number of rotatable bonds is 1. The Bertz CT molecular complexity index is 263. The highest BCUT2D eigenvalue weighted by atomic mass is 32.2. The molecule has 0 saturated heterocycles. The summed E-state index contributed by atoms with van der Waals surface area (Å²) in [6.45, 7) is 0. The number of hydrogen-bond donors (Lipinski definition) is 2. The Morgan fingerprint density at radius 3 is 2.64 bits per heavy atom. The maximum Gasteiger partial charge on any atom is 0.154 e. The van der Waals surface area contributed by atoms with Crippen LogP contribution in [0.2, 0.25) is 0 Å². The van der Waals surface area contributed by atoms with Gasteiger partial charge in [-0.3, -0.25) is 0 Å². The van der Waals surface area contributed by atoms with E-state index in [-0.39, 0.29) is 0 Å². The summed E-state index contributed by atoms with van der Waals surface area (Å²) < 4.78 is 10.9. The topological polar surface area (TPSA) is 49.1 Å². The molecule has 0 aromatic heterocycles. The fourth-order valence-corrected chi connectivity index (χ4v) is 1.40. The molecule has 0 heterocycles. The van der Waals surface area contributed by atoms with Gasteiger partial charge in [0.15, 0.2) is 4.90 Å². The van der Waals surface area contributed by atoms with Gasteiger partial charge in [0.1, 0.15) is 6.26 Å². The molecule has 0 saturated carbocycles. The van der Waals surface area contributed by atoms with E-state index >= 15 is 0 Å². The van der Waals surface area contributed by atoms with E-state index in [0.29, 0.717) is 5.69 Å². The van der Waals surface area contributed by atoms with Crippen molar-refractivity contribution in [2.45, 2.75) is 9.79 Å². The molecule has 0 aliphatic carbocycles. The summed E-state index contributed by atoms with van der Waals surface area (Å²) in [6.07, 6.45) is 1.62. The predicted octanol–water partition coefficient (Wildman–Crippen LogP) is 1.29. The minimum atomic E-state index is -0.961. The zero-order chi connectivity index (χ0) is 8.43. The number of anilines is 1. The van der Waals surface area contributed by atoms with Crippen LogP contribution in [0.4, 0.5) is 5.69 Å². The second kappa shape index (κ2) is 3.38. The van der Waals surface area contributed by atoms with Gasteiger partial charge in [-0.15, -0.1) is 12.6 Å². The molecule has 2 N–H and O–H groups in total. The smallest absolute Gasteiger partial charge is 0.154 e. The van der Waals surface area contributed by atoms with Crippen molar-refractivity contribution < 1.29 is 4.55 Å². The Hall–Kier alpha value is -0.320. The van der Waals surface area contributed by atoms with Gasteiger partial charge in [-0.25, -0.2) is 0 Å². The first-order chi connectivity index (χ1) is 5.11. The summed E-state index contributed by atoms with van der Waals surface area (Å²) in [7, 11) is 0. The van der Waals surface area contributed by atoms with E-state index in [2.05, 4.69) is 12.6 Å². The molecule has 0 amide bonds. The summed E-state index contributed by atoms with van der Waals surface area (Å²) >= 11 is 3.13. The molecule has 11 heavy (non-hydrogen) atoms. The van der Waals surface area contributed by atoms with Crippen molar-refractivity contribution in [3.8, 4) is 0 Å². The Morgan fingerprint density at radius 2 is 2.18 bits per heavy atom. The van der Waals surface area contributed by atoms with Crippen LogP contribution in [0.3, 0.4) is 0 Å². The monoisotopic (exact) mass is 187 g/mol. The van der Waals surface area contributed by atoms with Crippen molar-refractivity contribution in [3.63, 3.8) is 0 Å². The third-order valence-electron chi connectivity index (χ3n) is 1.33. The van der Waals surface area contributed by atoms with Gasteiger partial charge in [0.2, 0.25) is 0 Å². The molecule has 0 aliphatic rings. The Labute approximate surface area is 74.4 Å². The van der Waals surface area contributed by atoms with Crippen LogP contribution in [0.5, 0.6) is 0 Å². The van der Waals surface area contributed by atoms with Crippen molar-refractivity contribution in [2.75, 3.05) is 12.0 Å². The summed E-state index contributed by atoms with van der Waals surface area (Å²) in [5.41, 5.74) is 6.12. The number of nitrogens with two attached hydrogens (primary N) is 1. The molecular formula is C7H9NOS2. The molecule has 60 valence electrons. The Kier molecular flexibility index (Phi) is 2.70. The molecule has 0 fully saturated rings. The SMILES string of the molecule is C[S+]([O-])c1ccc(S)c(N)c1. The van der Waals surface area contributed by atoms with Crippen molar-refractivity contribution in [3.05, 3.63) is 18.2 Å². The molecule has 0 aliphatic heterocycles. The minimum absolute atomic E-state index is 0.570. The largest absolute Gasteiger partial charge is 0.612 e. The van der Waals surface area contributed by atoms with Crippen LogP contribution in [-0.4, -0.2) is 10.8 Å². The van der Waals surface area contributed by atoms with Gasteiger partial charge in [-0.1, -0.05) is 0 Å². The lowest BCUT2D eigenvalue weighted by Crippen LogP contribution is -1.98. The predicted molar refractivity (Wildman–Crippen MR) is 50.4 cm³/mol. The lowest BCUT2D eigenvalue weighted by atomic mass is 10.3. The molecule has 0 radical (unpaired) electrons. The molecule has 1 unspecified atom stereocenters. The molecule has 4 heteroatoms. The van der Waals surface area contributed by atoms with E-state index in [1.54, 1.807) is 24.5 Å². The molecule has 1 rings (SSSR count). The Balaban J connectivity index is 3.05. The maximum absolute atomic E-state index is 10.9. The quantitative estimate of drug-likeness (QED) is 0.395. The van der Waals surface area contributed by atoms with Crippen molar-refractivity contribution in [1.29, 1.82) is 0 Å². The number of thiol groups is 1. The van der Waals surface area contributed by atoms with E-state index in [4.69, 9.17) is 5.73 Å². The number of hydrogen-bond acceptors (Lipinski definition) is 3. The normalized spacial score (nSPS) is 13.0. The van der Waals surface area contributed by atoms with Crippen LogP contribution in [0.25, 0.3) is 0 Å².